The zero-order chi connectivity index (χ0) is 25.9. The maximum atomic E-state index is 5.47. The average Bonchev–Trinajstić information content (AvgIpc) is 3.25. The second-order valence-electron chi connectivity index (χ2n) is 11.7. The summed E-state index contributed by atoms with van der Waals surface area (Å²) in [5.74, 6) is 5.20. The van der Waals surface area contributed by atoms with Gasteiger partial charge in [-0.25, -0.2) is 15.0 Å². The molecule has 0 N–H and O–H groups in total. The number of oxazole rings is 3. The van der Waals surface area contributed by atoms with Gasteiger partial charge in [-0.2, -0.15) is 0 Å². The maximum absolute atomic E-state index is 5.47. The van der Waals surface area contributed by atoms with E-state index in [-0.39, 0.29) is 16.2 Å². The molecule has 0 radical (unpaired) electrons. The molecule has 0 atom stereocenters. The second kappa shape index (κ2) is 10.3. The molecule has 0 aliphatic carbocycles. The van der Waals surface area contributed by atoms with Crippen molar-refractivity contribution in [1.29, 1.82) is 0 Å². The van der Waals surface area contributed by atoms with Gasteiger partial charge in [-0.3, -0.25) is 0 Å². The zero-order valence-electron chi connectivity index (χ0n) is 23.6. The largest absolute Gasteiger partial charge is 0.446 e. The molecule has 0 unspecified atom stereocenters. The molecule has 0 saturated carbocycles. The van der Waals surface area contributed by atoms with Crippen molar-refractivity contribution in [2.24, 2.45) is 0 Å². The van der Waals surface area contributed by atoms with Gasteiger partial charge in [-0.1, -0.05) is 62.3 Å². The highest BCUT2D eigenvalue weighted by molar-refractivity contribution is 5.17. The molecule has 6 nitrogen and oxygen atoms in total. The first kappa shape index (κ1) is 28.7. The molecule has 0 aromatic carbocycles. The predicted octanol–water partition coefficient (Wildman–Crippen LogP) is 7.77. The summed E-state index contributed by atoms with van der Waals surface area (Å²) < 4.78 is 16.3. The summed E-state index contributed by atoms with van der Waals surface area (Å²) in [6.45, 7) is 30.7. The Morgan fingerprint density at radius 1 is 0.485 bits per heavy atom. The molecule has 0 fully saturated rings. The summed E-state index contributed by atoms with van der Waals surface area (Å²) in [6, 6.07) is 0. The Bertz CT molecular complexity index is 957. The molecule has 0 saturated heterocycles. The van der Waals surface area contributed by atoms with Crippen molar-refractivity contribution in [3.8, 4) is 0 Å². The molecule has 0 amide bonds. The monoisotopic (exact) mass is 459 g/mol. The summed E-state index contributed by atoms with van der Waals surface area (Å²) in [6.07, 6.45) is 0. The summed E-state index contributed by atoms with van der Waals surface area (Å²) in [7, 11) is 0. The summed E-state index contributed by atoms with van der Waals surface area (Å²) in [5, 5.41) is 0. The topological polar surface area (TPSA) is 78.1 Å². The Balaban J connectivity index is 0.000000247. The van der Waals surface area contributed by atoms with Crippen LogP contribution in [0, 0.1) is 41.5 Å². The fourth-order valence-corrected chi connectivity index (χ4v) is 3.25. The lowest BCUT2D eigenvalue weighted by atomic mass is 9.91. The number of hydrogen-bond donors (Lipinski definition) is 0. The highest BCUT2D eigenvalue weighted by atomic mass is 16.4. The number of nitrogens with zero attached hydrogens (tertiary/aromatic N) is 3. The van der Waals surface area contributed by atoms with Crippen LogP contribution in [-0.2, 0) is 16.2 Å². The summed E-state index contributed by atoms with van der Waals surface area (Å²) in [4.78, 5) is 12.8. The van der Waals surface area contributed by atoms with Crippen molar-refractivity contribution >= 4 is 0 Å². The van der Waals surface area contributed by atoms with Crippen molar-refractivity contribution in [1.82, 2.24) is 15.0 Å². The van der Waals surface area contributed by atoms with E-state index < -0.39 is 0 Å². The quantitative estimate of drug-likeness (QED) is 0.342. The highest BCUT2D eigenvalue weighted by Crippen LogP contribution is 2.26. The highest BCUT2D eigenvalue weighted by Gasteiger charge is 2.22. The lowest BCUT2D eigenvalue weighted by molar-refractivity contribution is 0.380. The van der Waals surface area contributed by atoms with Gasteiger partial charge in [0, 0.05) is 30.1 Å². The van der Waals surface area contributed by atoms with E-state index in [0.29, 0.717) is 0 Å². The number of rotatable bonds is 0. The molecule has 0 bridgehead atoms. The third kappa shape index (κ3) is 8.49. The zero-order valence-corrected chi connectivity index (χ0v) is 23.6. The second-order valence-corrected chi connectivity index (χ2v) is 11.7. The van der Waals surface area contributed by atoms with E-state index in [1.165, 1.54) is 0 Å². The minimum atomic E-state index is 0.0268. The van der Waals surface area contributed by atoms with E-state index in [1.807, 2.05) is 41.5 Å². The molecule has 3 aromatic rings. The first-order chi connectivity index (χ1) is 14.7. The van der Waals surface area contributed by atoms with Gasteiger partial charge in [-0.15, -0.1) is 0 Å². The van der Waals surface area contributed by atoms with Gasteiger partial charge in [0.05, 0.1) is 17.1 Å². The van der Waals surface area contributed by atoms with E-state index >= 15 is 0 Å². The Labute approximate surface area is 200 Å². The fraction of sp³-hybridized carbons (Fsp3) is 0.667. The Hall–Kier alpha value is -2.37. The predicted molar refractivity (Wildman–Crippen MR) is 134 cm³/mol. The maximum Gasteiger partial charge on any atom is 0.199 e. The molecule has 3 heterocycles. The van der Waals surface area contributed by atoms with Crippen LogP contribution >= 0.6 is 0 Å². The first-order valence-electron chi connectivity index (χ1n) is 11.6. The third-order valence-electron chi connectivity index (χ3n) is 4.87. The van der Waals surface area contributed by atoms with Crippen LogP contribution in [0.5, 0.6) is 0 Å². The van der Waals surface area contributed by atoms with Crippen LogP contribution in [0.3, 0.4) is 0 Å². The minimum absolute atomic E-state index is 0.0268. The molecule has 0 aliphatic rings. The molecule has 3 aromatic heterocycles. The molecule has 186 valence electrons. The Kier molecular flexibility index (Phi) is 8.92. The van der Waals surface area contributed by atoms with Crippen LogP contribution < -0.4 is 0 Å². The summed E-state index contributed by atoms with van der Waals surface area (Å²) in [5.41, 5.74) is 3.27. The van der Waals surface area contributed by atoms with Gasteiger partial charge in [0.2, 0.25) is 0 Å². The fourth-order valence-electron chi connectivity index (χ4n) is 3.25. The van der Waals surface area contributed by atoms with E-state index in [2.05, 4.69) is 77.3 Å². The Morgan fingerprint density at radius 3 is 1.18 bits per heavy atom. The lowest BCUT2D eigenvalue weighted by Gasteiger charge is -2.14. The van der Waals surface area contributed by atoms with E-state index in [0.717, 1.165) is 52.0 Å². The molecule has 6 heteroatoms. The smallest absolute Gasteiger partial charge is 0.199 e. The third-order valence-corrected chi connectivity index (χ3v) is 4.87. The van der Waals surface area contributed by atoms with Crippen molar-refractivity contribution in [3.63, 3.8) is 0 Å². The normalized spacial score (nSPS) is 12.1. The van der Waals surface area contributed by atoms with Crippen LogP contribution in [0.4, 0.5) is 0 Å². The van der Waals surface area contributed by atoms with Crippen LogP contribution in [0.15, 0.2) is 13.3 Å². The molecule has 0 aliphatic heterocycles. The van der Waals surface area contributed by atoms with Crippen LogP contribution in [0.2, 0.25) is 0 Å². The average molecular weight is 460 g/mol. The van der Waals surface area contributed by atoms with Gasteiger partial charge in [-0.05, 0) is 27.7 Å². The van der Waals surface area contributed by atoms with Crippen molar-refractivity contribution in [2.75, 3.05) is 0 Å². The van der Waals surface area contributed by atoms with Crippen molar-refractivity contribution in [2.45, 2.75) is 120 Å². The molecule has 33 heavy (non-hydrogen) atoms. The lowest BCUT2D eigenvalue weighted by Crippen LogP contribution is -2.12. The van der Waals surface area contributed by atoms with Crippen LogP contribution in [0.1, 0.15) is 114 Å². The van der Waals surface area contributed by atoms with Crippen molar-refractivity contribution < 1.29 is 13.3 Å². The Morgan fingerprint density at radius 2 is 1.00 bits per heavy atom. The van der Waals surface area contributed by atoms with Gasteiger partial charge in [0.25, 0.3) is 0 Å². The van der Waals surface area contributed by atoms with Crippen LogP contribution in [-0.4, -0.2) is 15.0 Å². The van der Waals surface area contributed by atoms with Crippen molar-refractivity contribution in [3.05, 3.63) is 52.0 Å². The van der Waals surface area contributed by atoms with Gasteiger partial charge in [0.1, 0.15) is 17.3 Å². The SMILES string of the molecule is Cc1nc(C(C)(C)C)c(C)o1.Cc1nc(C(C)(C)C)oc1C.Cc1nc(C)c(C(C)(C)C)o1. The number of aryl methyl sites for hydroxylation is 6. The molecule has 3 rings (SSSR count). The van der Waals surface area contributed by atoms with E-state index in [9.17, 15) is 0 Å². The first-order valence-corrected chi connectivity index (χ1v) is 11.6. The molecule has 0 spiro atoms. The number of aromatic nitrogens is 3. The minimum Gasteiger partial charge on any atom is -0.446 e. The molecular formula is C27H45N3O3. The van der Waals surface area contributed by atoms with Gasteiger partial charge in [0.15, 0.2) is 17.7 Å². The number of hydrogen-bond acceptors (Lipinski definition) is 6. The molecular weight excluding hydrogens is 414 g/mol. The standard InChI is InChI=1S/3C9H15NO/c1-6-8(9(3,4)5)10-7(2)11-6;1-6-8(9(3,4)5)11-7(2)10-6;1-6-7(2)11-8(10-6)9(3,4)5/h3*1-5H3. The van der Waals surface area contributed by atoms with Crippen LogP contribution in [0.25, 0.3) is 0 Å². The van der Waals surface area contributed by atoms with Gasteiger partial charge >= 0.3 is 0 Å². The summed E-state index contributed by atoms with van der Waals surface area (Å²) >= 11 is 0. The van der Waals surface area contributed by atoms with E-state index in [4.69, 9.17) is 13.3 Å². The van der Waals surface area contributed by atoms with Gasteiger partial charge < -0.3 is 13.3 Å². The van der Waals surface area contributed by atoms with E-state index in [1.54, 1.807) is 0 Å².